The minimum absolute atomic E-state index is 0.646. The molecule has 0 radical (unpaired) electrons. The van der Waals surface area contributed by atoms with E-state index in [9.17, 15) is 0 Å². The van der Waals surface area contributed by atoms with Gasteiger partial charge >= 0.3 is 0 Å². The van der Waals surface area contributed by atoms with E-state index in [4.69, 9.17) is 10.00 Å². The van der Waals surface area contributed by atoms with E-state index in [2.05, 4.69) is 16.4 Å². The van der Waals surface area contributed by atoms with Crippen LogP contribution in [0.1, 0.15) is 16.7 Å². The number of aromatic nitrogens is 1. The number of aryl methyl sites for hydroxylation is 1. The molecule has 1 heterocycles. The number of ether oxygens (including phenoxy) is 1. The summed E-state index contributed by atoms with van der Waals surface area (Å²) in [5.41, 5.74) is 2.66. The Morgan fingerprint density at radius 3 is 2.68 bits per heavy atom. The summed E-state index contributed by atoms with van der Waals surface area (Å²) in [6, 6.07) is 11.7. The molecule has 96 valence electrons. The van der Waals surface area contributed by atoms with E-state index >= 15 is 0 Å². The third-order valence-corrected chi connectivity index (χ3v) is 2.86. The number of rotatable bonds is 4. The number of methoxy groups -OCH3 is 1. The van der Waals surface area contributed by atoms with Crippen molar-refractivity contribution >= 4 is 5.82 Å². The first-order valence-corrected chi connectivity index (χ1v) is 5.96. The molecule has 19 heavy (non-hydrogen) atoms. The Labute approximate surface area is 112 Å². The van der Waals surface area contributed by atoms with E-state index < -0.39 is 0 Å². The van der Waals surface area contributed by atoms with Gasteiger partial charge in [0.05, 0.1) is 18.7 Å². The highest BCUT2D eigenvalue weighted by atomic mass is 16.5. The second kappa shape index (κ2) is 5.87. The second-order valence-corrected chi connectivity index (χ2v) is 4.20. The van der Waals surface area contributed by atoms with Crippen molar-refractivity contribution in [2.24, 2.45) is 0 Å². The summed E-state index contributed by atoms with van der Waals surface area (Å²) >= 11 is 0. The molecule has 0 amide bonds. The van der Waals surface area contributed by atoms with Gasteiger partial charge in [-0.25, -0.2) is 4.98 Å². The minimum atomic E-state index is 0.646. The zero-order valence-corrected chi connectivity index (χ0v) is 11.0. The fourth-order valence-electron chi connectivity index (χ4n) is 1.68. The van der Waals surface area contributed by atoms with Crippen LogP contribution in [0.3, 0.4) is 0 Å². The SMILES string of the molecule is COc1ccc(CNc2cc(C#N)c(C)cn2)cc1. The minimum Gasteiger partial charge on any atom is -0.497 e. The molecule has 0 bridgehead atoms. The number of hydrogen-bond donors (Lipinski definition) is 1. The Kier molecular flexibility index (Phi) is 3.99. The van der Waals surface area contributed by atoms with Crippen molar-refractivity contribution in [3.8, 4) is 11.8 Å². The molecule has 2 aromatic rings. The van der Waals surface area contributed by atoms with Crippen LogP contribution in [0.2, 0.25) is 0 Å². The van der Waals surface area contributed by atoms with Gasteiger partial charge in [-0.15, -0.1) is 0 Å². The van der Waals surface area contributed by atoms with Crippen molar-refractivity contribution in [2.75, 3.05) is 12.4 Å². The summed E-state index contributed by atoms with van der Waals surface area (Å²) in [5.74, 6) is 1.54. The monoisotopic (exact) mass is 253 g/mol. The van der Waals surface area contributed by atoms with Crippen molar-refractivity contribution in [1.29, 1.82) is 5.26 Å². The highest BCUT2D eigenvalue weighted by Gasteiger charge is 2.01. The van der Waals surface area contributed by atoms with Crippen molar-refractivity contribution in [1.82, 2.24) is 4.98 Å². The normalized spacial score (nSPS) is 9.74. The van der Waals surface area contributed by atoms with Crippen LogP contribution in [0.5, 0.6) is 5.75 Å². The Morgan fingerprint density at radius 2 is 2.05 bits per heavy atom. The Morgan fingerprint density at radius 1 is 1.32 bits per heavy atom. The predicted octanol–water partition coefficient (Wildman–Crippen LogP) is 2.88. The number of anilines is 1. The molecule has 0 saturated heterocycles. The molecule has 0 unspecified atom stereocenters. The zero-order valence-electron chi connectivity index (χ0n) is 11.0. The fourth-order valence-corrected chi connectivity index (χ4v) is 1.68. The lowest BCUT2D eigenvalue weighted by Gasteiger charge is -2.07. The molecule has 1 aromatic heterocycles. The molecular formula is C15H15N3O. The van der Waals surface area contributed by atoms with Crippen LogP contribution in [0, 0.1) is 18.3 Å². The Balaban J connectivity index is 2.04. The Hall–Kier alpha value is -2.54. The molecule has 4 nitrogen and oxygen atoms in total. The van der Waals surface area contributed by atoms with E-state index in [-0.39, 0.29) is 0 Å². The van der Waals surface area contributed by atoms with Gasteiger partial charge in [-0.1, -0.05) is 12.1 Å². The third-order valence-electron chi connectivity index (χ3n) is 2.86. The van der Waals surface area contributed by atoms with Gasteiger partial charge in [0.1, 0.15) is 11.6 Å². The van der Waals surface area contributed by atoms with Crippen LogP contribution < -0.4 is 10.1 Å². The summed E-state index contributed by atoms with van der Waals surface area (Å²) in [5, 5.41) is 12.2. The summed E-state index contributed by atoms with van der Waals surface area (Å²) in [6.07, 6.45) is 1.70. The molecule has 1 aromatic carbocycles. The average molecular weight is 253 g/mol. The zero-order chi connectivity index (χ0) is 13.7. The van der Waals surface area contributed by atoms with E-state index in [1.165, 1.54) is 0 Å². The van der Waals surface area contributed by atoms with Gasteiger partial charge in [-0.05, 0) is 36.2 Å². The van der Waals surface area contributed by atoms with Crippen LogP contribution in [-0.2, 0) is 6.54 Å². The number of nitrogens with one attached hydrogen (secondary N) is 1. The molecule has 1 N–H and O–H groups in total. The highest BCUT2D eigenvalue weighted by Crippen LogP contribution is 2.14. The van der Waals surface area contributed by atoms with E-state index in [1.807, 2.05) is 31.2 Å². The number of nitrogens with zero attached hydrogens (tertiary/aromatic N) is 2. The van der Waals surface area contributed by atoms with Crippen molar-refractivity contribution in [2.45, 2.75) is 13.5 Å². The van der Waals surface area contributed by atoms with Gasteiger partial charge < -0.3 is 10.1 Å². The maximum absolute atomic E-state index is 8.97. The van der Waals surface area contributed by atoms with E-state index in [0.717, 1.165) is 16.9 Å². The van der Waals surface area contributed by atoms with Crippen LogP contribution in [-0.4, -0.2) is 12.1 Å². The molecular weight excluding hydrogens is 238 g/mol. The average Bonchev–Trinajstić information content (AvgIpc) is 2.47. The van der Waals surface area contributed by atoms with Gasteiger partial charge in [-0.2, -0.15) is 5.26 Å². The summed E-state index contributed by atoms with van der Waals surface area (Å²) in [6.45, 7) is 2.53. The molecule has 0 aliphatic rings. The maximum Gasteiger partial charge on any atom is 0.127 e. The van der Waals surface area contributed by atoms with Crippen molar-refractivity contribution in [3.63, 3.8) is 0 Å². The standard InChI is InChI=1S/C15H15N3O/c1-11-9-17-15(7-13(11)8-16)18-10-12-3-5-14(19-2)6-4-12/h3-7,9H,10H2,1-2H3,(H,17,18). The van der Waals surface area contributed by atoms with Crippen LogP contribution in [0.4, 0.5) is 5.82 Å². The number of nitriles is 1. The topological polar surface area (TPSA) is 57.9 Å². The van der Waals surface area contributed by atoms with Gasteiger partial charge in [0.15, 0.2) is 0 Å². The largest absolute Gasteiger partial charge is 0.497 e. The van der Waals surface area contributed by atoms with Gasteiger partial charge in [0, 0.05) is 12.7 Å². The molecule has 0 spiro atoms. The molecule has 0 aliphatic carbocycles. The smallest absolute Gasteiger partial charge is 0.127 e. The first kappa shape index (κ1) is 12.9. The lowest BCUT2D eigenvalue weighted by molar-refractivity contribution is 0.414. The van der Waals surface area contributed by atoms with Crippen molar-refractivity contribution < 1.29 is 4.74 Å². The van der Waals surface area contributed by atoms with Crippen LogP contribution in [0.25, 0.3) is 0 Å². The van der Waals surface area contributed by atoms with Crippen LogP contribution in [0.15, 0.2) is 36.5 Å². The lowest BCUT2D eigenvalue weighted by atomic mass is 10.2. The summed E-state index contributed by atoms with van der Waals surface area (Å²) in [7, 11) is 1.65. The number of pyridine rings is 1. The first-order chi connectivity index (χ1) is 9.22. The molecule has 0 fully saturated rings. The highest BCUT2D eigenvalue weighted by molar-refractivity contribution is 5.46. The summed E-state index contributed by atoms with van der Waals surface area (Å²) < 4.78 is 5.11. The van der Waals surface area contributed by atoms with Crippen molar-refractivity contribution in [3.05, 3.63) is 53.2 Å². The molecule has 4 heteroatoms. The van der Waals surface area contributed by atoms with Gasteiger partial charge in [-0.3, -0.25) is 0 Å². The molecule has 0 saturated carbocycles. The quantitative estimate of drug-likeness (QED) is 0.910. The van der Waals surface area contributed by atoms with E-state index in [1.54, 1.807) is 19.4 Å². The third kappa shape index (κ3) is 3.23. The molecule has 2 rings (SSSR count). The molecule has 0 atom stereocenters. The van der Waals surface area contributed by atoms with E-state index in [0.29, 0.717) is 17.9 Å². The first-order valence-electron chi connectivity index (χ1n) is 5.96. The van der Waals surface area contributed by atoms with Crippen LogP contribution >= 0.6 is 0 Å². The maximum atomic E-state index is 8.97. The number of hydrogen-bond acceptors (Lipinski definition) is 4. The summed E-state index contributed by atoms with van der Waals surface area (Å²) in [4.78, 5) is 4.25. The number of benzene rings is 1. The Bertz CT molecular complexity index is 600. The second-order valence-electron chi connectivity index (χ2n) is 4.20. The molecule has 0 aliphatic heterocycles. The van der Waals surface area contributed by atoms with Gasteiger partial charge in [0.25, 0.3) is 0 Å². The fraction of sp³-hybridized carbons (Fsp3) is 0.200. The predicted molar refractivity (Wildman–Crippen MR) is 74.0 cm³/mol. The van der Waals surface area contributed by atoms with Gasteiger partial charge in [0.2, 0.25) is 0 Å². The lowest BCUT2D eigenvalue weighted by Crippen LogP contribution is -2.02.